The van der Waals surface area contributed by atoms with Crippen LogP contribution in [-0.2, 0) is 25.6 Å². The van der Waals surface area contributed by atoms with Gasteiger partial charge in [0.15, 0.2) is 11.5 Å². The number of methoxy groups -OCH3 is 2. The van der Waals surface area contributed by atoms with E-state index in [0.29, 0.717) is 23.3 Å². The molecule has 1 amide bonds. The highest BCUT2D eigenvalue weighted by Gasteiger charge is 2.26. The summed E-state index contributed by atoms with van der Waals surface area (Å²) in [4.78, 5) is 29.0. The first-order valence-electron chi connectivity index (χ1n) is 10.6. The molecule has 4 rings (SSSR count). The summed E-state index contributed by atoms with van der Waals surface area (Å²) in [5.41, 5.74) is 5.21. The van der Waals surface area contributed by atoms with Gasteiger partial charge in [0.05, 0.1) is 14.2 Å². The van der Waals surface area contributed by atoms with E-state index in [1.165, 1.54) is 32.4 Å². The van der Waals surface area contributed by atoms with E-state index in [1.54, 1.807) is 36.7 Å². The van der Waals surface area contributed by atoms with E-state index in [0.717, 1.165) is 22.3 Å². The van der Waals surface area contributed by atoms with Crippen LogP contribution in [0.5, 0.6) is 0 Å². The van der Waals surface area contributed by atoms with Gasteiger partial charge in [0.2, 0.25) is 5.91 Å². The standard InChI is InChI=1S/C27H23FN2O4/c1-16-21(9-18-10-24(33-2)27(32)25(11-18)34-3)20-7-6-19(28)12-23(20)22(16)13-26(31)30-15-17-5-4-8-29-14-17/h4-14H,15H2,1-3H3,(H,30,31). The van der Waals surface area contributed by atoms with Gasteiger partial charge in [-0.15, -0.1) is 0 Å². The summed E-state index contributed by atoms with van der Waals surface area (Å²) in [5, 5.41) is 2.84. The van der Waals surface area contributed by atoms with Crippen molar-refractivity contribution in [2.45, 2.75) is 13.5 Å². The van der Waals surface area contributed by atoms with Crippen molar-refractivity contribution < 1.29 is 23.5 Å². The van der Waals surface area contributed by atoms with Crippen molar-refractivity contribution in [1.29, 1.82) is 0 Å². The van der Waals surface area contributed by atoms with Crippen molar-refractivity contribution in [1.82, 2.24) is 10.3 Å². The van der Waals surface area contributed by atoms with E-state index < -0.39 is 5.82 Å². The first-order chi connectivity index (χ1) is 16.4. The summed E-state index contributed by atoms with van der Waals surface area (Å²) >= 11 is 0. The predicted molar refractivity (Wildman–Crippen MR) is 126 cm³/mol. The molecule has 0 fully saturated rings. The molecule has 0 bridgehead atoms. The first-order valence-corrected chi connectivity index (χ1v) is 10.6. The number of amides is 1. The van der Waals surface area contributed by atoms with Crippen LogP contribution in [0.2, 0.25) is 0 Å². The number of benzene rings is 1. The smallest absolute Gasteiger partial charge is 0.261 e. The Balaban J connectivity index is 1.72. The monoisotopic (exact) mass is 458 g/mol. The minimum absolute atomic E-state index is 0.159. The highest BCUT2D eigenvalue weighted by Crippen LogP contribution is 2.43. The second-order valence-corrected chi connectivity index (χ2v) is 7.76. The third-order valence-electron chi connectivity index (χ3n) is 5.63. The Hall–Kier alpha value is -4.26. The predicted octanol–water partition coefficient (Wildman–Crippen LogP) is 4.28. The third-order valence-corrected chi connectivity index (χ3v) is 5.63. The zero-order valence-corrected chi connectivity index (χ0v) is 19.0. The van der Waals surface area contributed by atoms with Gasteiger partial charge in [0.1, 0.15) is 5.82 Å². The Morgan fingerprint density at radius 2 is 1.85 bits per heavy atom. The lowest BCUT2D eigenvalue weighted by atomic mass is 9.99. The van der Waals surface area contributed by atoms with Gasteiger partial charge >= 0.3 is 0 Å². The number of hydrogen-bond donors (Lipinski definition) is 1. The molecule has 1 aromatic heterocycles. The van der Waals surface area contributed by atoms with Crippen molar-refractivity contribution in [2.75, 3.05) is 14.2 Å². The summed E-state index contributed by atoms with van der Waals surface area (Å²) in [5.74, 6) is -0.715. The molecule has 2 aromatic rings. The average molecular weight is 458 g/mol. The van der Waals surface area contributed by atoms with Crippen molar-refractivity contribution >= 4 is 22.8 Å². The summed E-state index contributed by atoms with van der Waals surface area (Å²) < 4.78 is 24.5. The van der Waals surface area contributed by atoms with Gasteiger partial charge in [0.25, 0.3) is 5.78 Å². The van der Waals surface area contributed by atoms with E-state index in [4.69, 9.17) is 9.47 Å². The van der Waals surface area contributed by atoms with Gasteiger partial charge in [-0.25, -0.2) is 4.39 Å². The minimum atomic E-state index is -0.395. The SMILES string of the molecule is COC1=CC(=CC2=C(C)C(=CC(=O)NCc3cccnc3)c3cc(F)ccc32)C=C(OC)C1=O. The second-order valence-electron chi connectivity index (χ2n) is 7.76. The molecule has 2 aliphatic carbocycles. The van der Waals surface area contributed by atoms with Crippen LogP contribution in [0.3, 0.4) is 0 Å². The molecule has 0 saturated carbocycles. The number of carbonyl (C=O) groups excluding carboxylic acids is 2. The van der Waals surface area contributed by atoms with Crippen LogP contribution < -0.4 is 5.32 Å². The van der Waals surface area contributed by atoms with E-state index in [-0.39, 0.29) is 23.2 Å². The molecule has 1 N–H and O–H groups in total. The number of rotatable bonds is 6. The molecule has 0 radical (unpaired) electrons. The molecule has 2 aliphatic rings. The summed E-state index contributed by atoms with van der Waals surface area (Å²) in [6.07, 6.45) is 9.94. The fraction of sp³-hybridized carbons (Fsp3) is 0.148. The number of Topliss-reactive ketones (excluding diaryl/α,β-unsaturated/α-hetero) is 1. The van der Waals surface area contributed by atoms with Crippen LogP contribution in [0.1, 0.15) is 23.6 Å². The van der Waals surface area contributed by atoms with Crippen LogP contribution in [-0.4, -0.2) is 30.9 Å². The van der Waals surface area contributed by atoms with Crippen LogP contribution in [0.15, 0.2) is 89.7 Å². The Bertz CT molecular complexity index is 1290. The van der Waals surface area contributed by atoms with Crippen LogP contribution >= 0.6 is 0 Å². The summed E-state index contributed by atoms with van der Waals surface area (Å²) in [6, 6.07) is 8.16. The Morgan fingerprint density at radius 3 is 2.50 bits per heavy atom. The molecule has 6 nitrogen and oxygen atoms in total. The lowest BCUT2D eigenvalue weighted by Crippen LogP contribution is -2.20. The number of hydrogen-bond acceptors (Lipinski definition) is 5. The molecule has 1 heterocycles. The number of halogens is 1. The topological polar surface area (TPSA) is 77.5 Å². The Morgan fingerprint density at radius 1 is 1.12 bits per heavy atom. The molecule has 34 heavy (non-hydrogen) atoms. The van der Waals surface area contributed by atoms with Crippen molar-refractivity contribution in [2.24, 2.45) is 0 Å². The molecule has 0 spiro atoms. The van der Waals surface area contributed by atoms with Gasteiger partial charge in [-0.05, 0) is 82.3 Å². The quantitative estimate of drug-likeness (QED) is 0.654. The number of fused-ring (bicyclic) bond motifs is 1. The van der Waals surface area contributed by atoms with Crippen LogP contribution in [0.4, 0.5) is 4.39 Å². The van der Waals surface area contributed by atoms with Crippen molar-refractivity contribution in [3.05, 3.63) is 112 Å². The third kappa shape index (κ3) is 4.59. The van der Waals surface area contributed by atoms with Crippen LogP contribution in [0.25, 0.3) is 11.1 Å². The fourth-order valence-corrected chi connectivity index (χ4v) is 3.92. The van der Waals surface area contributed by atoms with Gasteiger partial charge in [-0.3, -0.25) is 14.6 Å². The fourth-order valence-electron chi connectivity index (χ4n) is 3.92. The van der Waals surface area contributed by atoms with Gasteiger partial charge in [0, 0.05) is 25.0 Å². The number of ether oxygens (including phenoxy) is 2. The van der Waals surface area contributed by atoms with Crippen LogP contribution in [0, 0.1) is 5.82 Å². The number of allylic oxidation sites excluding steroid dienone is 7. The van der Waals surface area contributed by atoms with Crippen molar-refractivity contribution in [3.63, 3.8) is 0 Å². The first kappa shape index (κ1) is 22.9. The molecule has 0 unspecified atom stereocenters. The lowest BCUT2D eigenvalue weighted by Gasteiger charge is -2.14. The Kier molecular flexibility index (Phi) is 6.54. The van der Waals surface area contributed by atoms with Crippen molar-refractivity contribution in [3.8, 4) is 0 Å². The van der Waals surface area contributed by atoms with E-state index in [2.05, 4.69) is 10.3 Å². The number of pyridine rings is 1. The normalized spacial score (nSPS) is 16.2. The molecule has 7 heteroatoms. The molecule has 1 aromatic carbocycles. The highest BCUT2D eigenvalue weighted by atomic mass is 19.1. The van der Waals surface area contributed by atoms with Gasteiger partial charge in [-0.1, -0.05) is 12.1 Å². The number of carbonyl (C=O) groups is 2. The maximum Gasteiger partial charge on any atom is 0.261 e. The highest BCUT2D eigenvalue weighted by molar-refractivity contribution is 6.10. The van der Waals surface area contributed by atoms with E-state index in [1.807, 2.05) is 19.1 Å². The Labute approximate surface area is 196 Å². The zero-order chi connectivity index (χ0) is 24.2. The average Bonchev–Trinajstić information content (AvgIpc) is 3.09. The number of aromatic nitrogens is 1. The largest absolute Gasteiger partial charge is 0.492 e. The lowest BCUT2D eigenvalue weighted by molar-refractivity contribution is -0.118. The second kappa shape index (κ2) is 9.70. The molecular weight excluding hydrogens is 435 g/mol. The maximum absolute atomic E-state index is 14.1. The number of nitrogens with one attached hydrogen (secondary N) is 1. The number of ketones is 1. The van der Waals surface area contributed by atoms with Gasteiger partial charge < -0.3 is 14.8 Å². The maximum atomic E-state index is 14.1. The van der Waals surface area contributed by atoms with E-state index in [9.17, 15) is 14.0 Å². The summed E-state index contributed by atoms with van der Waals surface area (Å²) in [7, 11) is 2.84. The van der Waals surface area contributed by atoms with E-state index >= 15 is 0 Å². The molecular formula is C27H23FN2O4. The molecule has 0 atom stereocenters. The summed E-state index contributed by atoms with van der Waals surface area (Å²) in [6.45, 7) is 2.20. The number of nitrogens with zero attached hydrogens (tertiary/aromatic N) is 1. The molecule has 172 valence electrons. The minimum Gasteiger partial charge on any atom is -0.492 e. The van der Waals surface area contributed by atoms with Gasteiger partial charge in [-0.2, -0.15) is 0 Å². The molecule has 0 aliphatic heterocycles. The molecule has 0 saturated heterocycles. The zero-order valence-electron chi connectivity index (χ0n) is 19.0.